The van der Waals surface area contributed by atoms with E-state index in [2.05, 4.69) is 0 Å². The Morgan fingerprint density at radius 1 is 1.33 bits per heavy atom. The molecule has 4 saturated carbocycles. The van der Waals surface area contributed by atoms with Gasteiger partial charge < -0.3 is 15.6 Å². The molecule has 4 aliphatic rings. The van der Waals surface area contributed by atoms with Crippen molar-refractivity contribution in [3.63, 3.8) is 0 Å². The fourth-order valence-electron chi connectivity index (χ4n) is 4.86. The highest BCUT2D eigenvalue weighted by molar-refractivity contribution is 8.00. The molecule has 0 aromatic heterocycles. The average Bonchev–Trinajstić information content (AvgIpc) is 2.22. The van der Waals surface area contributed by atoms with Gasteiger partial charge in [0.1, 0.15) is 5.60 Å². The third kappa shape index (κ3) is 2.11. The molecule has 3 N–H and O–H groups in total. The molecule has 0 aliphatic heterocycles. The molecule has 5 heteroatoms. The first-order valence-corrected chi connectivity index (χ1v) is 7.77. The Labute approximate surface area is 112 Å². The Morgan fingerprint density at radius 2 is 2.00 bits per heavy atom. The second-order valence-electron chi connectivity index (χ2n) is 6.32. The van der Waals surface area contributed by atoms with Crippen LogP contribution in [-0.2, 0) is 4.74 Å². The van der Waals surface area contributed by atoms with Crippen LogP contribution in [0, 0.1) is 11.8 Å². The van der Waals surface area contributed by atoms with Gasteiger partial charge in [0.2, 0.25) is 0 Å². The van der Waals surface area contributed by atoms with Crippen molar-refractivity contribution < 1.29 is 14.6 Å². The van der Waals surface area contributed by atoms with Crippen LogP contribution in [0.1, 0.15) is 38.5 Å². The minimum atomic E-state index is -0.626. The van der Waals surface area contributed by atoms with Crippen LogP contribution in [0.3, 0.4) is 0 Å². The van der Waals surface area contributed by atoms with Gasteiger partial charge in [-0.05, 0) is 43.9 Å². The molecule has 0 spiro atoms. The SMILES string of the molecule is NC(=O)OC12CC3CC(C1)CC(SCCO)(C3)C2. The van der Waals surface area contributed by atoms with E-state index in [4.69, 9.17) is 15.6 Å². The molecular weight excluding hydrogens is 250 g/mol. The monoisotopic (exact) mass is 271 g/mol. The maximum Gasteiger partial charge on any atom is 0.405 e. The number of amides is 1. The van der Waals surface area contributed by atoms with Crippen molar-refractivity contribution in [2.24, 2.45) is 17.6 Å². The van der Waals surface area contributed by atoms with Crippen molar-refractivity contribution in [2.75, 3.05) is 12.4 Å². The molecule has 0 saturated heterocycles. The van der Waals surface area contributed by atoms with Crippen molar-refractivity contribution in [1.82, 2.24) is 0 Å². The van der Waals surface area contributed by atoms with Gasteiger partial charge in [0, 0.05) is 16.9 Å². The molecule has 0 aromatic rings. The maximum absolute atomic E-state index is 11.2. The van der Waals surface area contributed by atoms with E-state index in [1.54, 1.807) is 0 Å². The van der Waals surface area contributed by atoms with Crippen molar-refractivity contribution in [3.05, 3.63) is 0 Å². The summed E-state index contributed by atoms with van der Waals surface area (Å²) in [6.45, 7) is 0.228. The molecule has 0 aromatic carbocycles. The zero-order chi connectivity index (χ0) is 12.8. The van der Waals surface area contributed by atoms with Crippen molar-refractivity contribution in [2.45, 2.75) is 48.9 Å². The predicted octanol–water partition coefficient (Wildman–Crippen LogP) is 1.90. The van der Waals surface area contributed by atoms with Gasteiger partial charge in [-0.25, -0.2) is 4.79 Å². The zero-order valence-electron chi connectivity index (χ0n) is 10.6. The molecule has 4 fully saturated rings. The topological polar surface area (TPSA) is 72.6 Å². The van der Waals surface area contributed by atoms with Gasteiger partial charge in [0.15, 0.2) is 0 Å². The molecule has 4 bridgehead atoms. The summed E-state index contributed by atoms with van der Waals surface area (Å²) in [7, 11) is 0. The largest absolute Gasteiger partial charge is 0.443 e. The van der Waals surface area contributed by atoms with E-state index in [9.17, 15) is 4.79 Å². The zero-order valence-corrected chi connectivity index (χ0v) is 11.4. The van der Waals surface area contributed by atoms with E-state index >= 15 is 0 Å². The van der Waals surface area contributed by atoms with E-state index in [0.717, 1.165) is 25.0 Å². The first kappa shape index (κ1) is 12.6. The summed E-state index contributed by atoms with van der Waals surface area (Å²) in [6.07, 6.45) is 6.02. The summed E-state index contributed by atoms with van der Waals surface area (Å²) in [5, 5.41) is 9.05. The molecule has 2 unspecified atom stereocenters. The maximum atomic E-state index is 11.2. The van der Waals surface area contributed by atoms with Crippen LogP contribution in [0.5, 0.6) is 0 Å². The molecule has 4 rings (SSSR count). The average molecular weight is 271 g/mol. The number of hydrogen-bond acceptors (Lipinski definition) is 4. The van der Waals surface area contributed by atoms with Gasteiger partial charge in [0.25, 0.3) is 0 Å². The minimum absolute atomic E-state index is 0.224. The number of thioether (sulfide) groups is 1. The summed E-state index contributed by atoms with van der Waals surface area (Å²) < 4.78 is 5.74. The van der Waals surface area contributed by atoms with Crippen LogP contribution in [0.2, 0.25) is 0 Å². The van der Waals surface area contributed by atoms with E-state index in [0.29, 0.717) is 11.8 Å². The molecule has 18 heavy (non-hydrogen) atoms. The van der Waals surface area contributed by atoms with Crippen molar-refractivity contribution >= 4 is 17.9 Å². The van der Waals surface area contributed by atoms with Crippen LogP contribution >= 0.6 is 11.8 Å². The highest BCUT2D eigenvalue weighted by Gasteiger charge is 2.59. The third-order valence-electron chi connectivity index (χ3n) is 4.77. The molecule has 0 heterocycles. The fraction of sp³-hybridized carbons (Fsp3) is 0.923. The lowest BCUT2D eigenvalue weighted by Gasteiger charge is -2.60. The molecule has 0 radical (unpaired) electrons. The van der Waals surface area contributed by atoms with Crippen molar-refractivity contribution in [1.29, 1.82) is 0 Å². The van der Waals surface area contributed by atoms with Gasteiger partial charge in [-0.3, -0.25) is 0 Å². The molecule has 2 atom stereocenters. The Kier molecular flexibility index (Phi) is 3.01. The van der Waals surface area contributed by atoms with Crippen LogP contribution in [0.4, 0.5) is 4.79 Å². The number of aliphatic hydroxyl groups excluding tert-OH is 1. The number of nitrogens with two attached hydrogens (primary N) is 1. The van der Waals surface area contributed by atoms with Gasteiger partial charge in [-0.1, -0.05) is 0 Å². The highest BCUT2D eigenvalue weighted by atomic mass is 32.2. The molecular formula is C13H21NO3S. The minimum Gasteiger partial charge on any atom is -0.443 e. The highest BCUT2D eigenvalue weighted by Crippen LogP contribution is 2.63. The van der Waals surface area contributed by atoms with Gasteiger partial charge in [-0.2, -0.15) is 11.8 Å². The van der Waals surface area contributed by atoms with E-state index in [-0.39, 0.29) is 17.0 Å². The molecule has 4 aliphatic carbocycles. The number of carbonyl (C=O) groups is 1. The summed E-state index contributed by atoms with van der Waals surface area (Å²) in [5.74, 6) is 2.14. The summed E-state index contributed by atoms with van der Waals surface area (Å²) in [6, 6.07) is 0. The number of ether oxygens (including phenoxy) is 1. The van der Waals surface area contributed by atoms with Crippen LogP contribution < -0.4 is 5.73 Å². The Balaban J connectivity index is 1.81. The fourth-order valence-corrected chi connectivity index (χ4v) is 6.46. The number of primary amides is 1. The molecule has 4 nitrogen and oxygen atoms in total. The number of hydrogen-bond donors (Lipinski definition) is 2. The summed E-state index contributed by atoms with van der Waals surface area (Å²) in [5.41, 5.74) is 4.96. The van der Waals surface area contributed by atoms with Gasteiger partial charge in [0.05, 0.1) is 6.61 Å². The lowest BCUT2D eigenvalue weighted by atomic mass is 9.53. The van der Waals surface area contributed by atoms with Gasteiger partial charge >= 0.3 is 6.09 Å². The summed E-state index contributed by atoms with van der Waals surface area (Å²) >= 11 is 1.88. The van der Waals surface area contributed by atoms with E-state index in [1.807, 2.05) is 11.8 Å². The third-order valence-corrected chi connectivity index (χ3v) is 6.25. The first-order chi connectivity index (χ1) is 8.55. The first-order valence-electron chi connectivity index (χ1n) is 6.78. The smallest absolute Gasteiger partial charge is 0.405 e. The standard InChI is InChI=1S/C13H21NO3S/c14-11(16)17-12-4-9-3-10(5-12)7-13(6-9,8-12)18-2-1-15/h9-10,15H,1-8H2,(H2,14,16). The molecule has 102 valence electrons. The van der Waals surface area contributed by atoms with Gasteiger partial charge in [-0.15, -0.1) is 0 Å². The predicted molar refractivity (Wildman–Crippen MR) is 70.4 cm³/mol. The second kappa shape index (κ2) is 4.30. The lowest BCUT2D eigenvalue weighted by Crippen LogP contribution is -2.59. The van der Waals surface area contributed by atoms with Crippen LogP contribution in [0.15, 0.2) is 0 Å². The van der Waals surface area contributed by atoms with E-state index in [1.165, 1.54) is 19.3 Å². The lowest BCUT2D eigenvalue weighted by molar-refractivity contribution is -0.115. The van der Waals surface area contributed by atoms with E-state index < -0.39 is 6.09 Å². The second-order valence-corrected chi connectivity index (χ2v) is 7.88. The Morgan fingerprint density at radius 3 is 2.56 bits per heavy atom. The molecule has 1 amide bonds. The quantitative estimate of drug-likeness (QED) is 0.819. The summed E-state index contributed by atoms with van der Waals surface area (Å²) in [4.78, 5) is 11.2. The Hall–Kier alpha value is -0.420. The number of carbonyl (C=O) groups excluding carboxylic acids is 1. The van der Waals surface area contributed by atoms with Crippen molar-refractivity contribution in [3.8, 4) is 0 Å². The number of aliphatic hydroxyl groups is 1. The van der Waals surface area contributed by atoms with Crippen LogP contribution in [-0.4, -0.2) is 33.9 Å². The normalized spacial score (nSPS) is 45.2. The van der Waals surface area contributed by atoms with Crippen LogP contribution in [0.25, 0.3) is 0 Å². The Bertz CT molecular complexity index is 346. The number of rotatable bonds is 4.